The molecule has 2 heteroatoms. The van der Waals surface area contributed by atoms with Crippen molar-refractivity contribution in [2.24, 2.45) is 0 Å². The molecule has 0 N–H and O–H groups in total. The molecule has 0 saturated carbocycles. The number of hydrogen-bond donors (Lipinski definition) is 0. The van der Waals surface area contributed by atoms with E-state index in [9.17, 15) is 0 Å². The van der Waals surface area contributed by atoms with Crippen LogP contribution in [0.4, 0.5) is 0 Å². The molecular weight excluding hydrogens is 280 g/mol. The largest absolute Gasteiger partial charge is 0.143 e. The number of rotatable bonds is 0. The lowest BCUT2D eigenvalue weighted by Crippen LogP contribution is -1.78. The van der Waals surface area contributed by atoms with E-state index in [-0.39, 0.29) is 0 Å². The van der Waals surface area contributed by atoms with Gasteiger partial charge in [-0.05, 0) is 44.4 Å². The Balaban J connectivity index is 2.09. The highest BCUT2D eigenvalue weighted by molar-refractivity contribution is 7.18. The fourth-order valence-corrected chi connectivity index (χ4v) is 4.93. The van der Waals surface area contributed by atoms with Crippen LogP contribution in [0.5, 0.6) is 0 Å². The van der Waals surface area contributed by atoms with E-state index in [2.05, 4.69) is 59.3 Å². The van der Waals surface area contributed by atoms with Crippen LogP contribution in [0, 0.1) is 0 Å². The Morgan fingerprint density at radius 1 is 0.450 bits per heavy atom. The molecule has 5 aromatic rings. The van der Waals surface area contributed by atoms with Crippen LogP contribution in [0.2, 0.25) is 0 Å². The van der Waals surface area contributed by atoms with Crippen LogP contribution in [-0.4, -0.2) is 0 Å². The molecule has 3 aromatic carbocycles. The molecule has 0 fully saturated rings. The molecular formula is C18H10S2. The second-order valence-corrected chi connectivity index (χ2v) is 6.90. The van der Waals surface area contributed by atoms with Crippen LogP contribution in [-0.2, 0) is 0 Å². The van der Waals surface area contributed by atoms with Crippen LogP contribution in [0.15, 0.2) is 59.3 Å². The van der Waals surface area contributed by atoms with E-state index >= 15 is 0 Å². The molecule has 0 amide bonds. The van der Waals surface area contributed by atoms with Crippen molar-refractivity contribution in [3.63, 3.8) is 0 Å². The maximum atomic E-state index is 2.29. The van der Waals surface area contributed by atoms with E-state index in [0.29, 0.717) is 0 Å². The van der Waals surface area contributed by atoms with Crippen molar-refractivity contribution in [1.29, 1.82) is 0 Å². The minimum absolute atomic E-state index is 1.35. The van der Waals surface area contributed by atoms with E-state index in [1.807, 2.05) is 22.7 Å². The Kier molecular flexibility index (Phi) is 2.07. The van der Waals surface area contributed by atoms with E-state index in [0.717, 1.165) is 0 Å². The summed E-state index contributed by atoms with van der Waals surface area (Å²) in [7, 11) is 0. The van der Waals surface area contributed by atoms with E-state index in [1.54, 1.807) is 0 Å². The summed E-state index contributed by atoms with van der Waals surface area (Å²) in [5, 5.41) is 12.5. The first-order chi connectivity index (χ1) is 9.92. The molecule has 0 aliphatic rings. The summed E-state index contributed by atoms with van der Waals surface area (Å²) < 4.78 is 2.80. The third kappa shape index (κ3) is 1.30. The van der Waals surface area contributed by atoms with Crippen molar-refractivity contribution in [3.05, 3.63) is 59.3 Å². The highest BCUT2D eigenvalue weighted by Crippen LogP contribution is 2.37. The Hall–Kier alpha value is -1.90. The van der Waals surface area contributed by atoms with E-state index in [4.69, 9.17) is 0 Å². The maximum absolute atomic E-state index is 2.29. The molecule has 2 aromatic heterocycles. The molecule has 0 aliphatic carbocycles. The van der Waals surface area contributed by atoms with Crippen LogP contribution in [0.25, 0.3) is 41.7 Å². The average Bonchev–Trinajstić information content (AvgIpc) is 3.14. The molecule has 94 valence electrons. The normalized spacial score (nSPS) is 12.0. The van der Waals surface area contributed by atoms with Gasteiger partial charge in [-0.2, -0.15) is 0 Å². The number of benzene rings is 3. The van der Waals surface area contributed by atoms with Crippen molar-refractivity contribution < 1.29 is 0 Å². The van der Waals surface area contributed by atoms with Gasteiger partial charge in [0.15, 0.2) is 0 Å². The molecule has 0 radical (unpaired) electrons. The third-order valence-electron chi connectivity index (χ3n) is 4.03. The van der Waals surface area contributed by atoms with Crippen LogP contribution in [0.3, 0.4) is 0 Å². The molecule has 0 bridgehead atoms. The maximum Gasteiger partial charge on any atom is 0.0421 e. The molecule has 2 heterocycles. The fraction of sp³-hybridized carbons (Fsp3) is 0. The summed E-state index contributed by atoms with van der Waals surface area (Å²) in [5.41, 5.74) is 0. The van der Waals surface area contributed by atoms with Gasteiger partial charge in [0.1, 0.15) is 0 Å². The van der Waals surface area contributed by atoms with Crippen LogP contribution < -0.4 is 0 Å². The van der Waals surface area contributed by atoms with Crippen LogP contribution >= 0.6 is 22.7 Å². The molecule has 0 unspecified atom stereocenters. The van der Waals surface area contributed by atoms with Gasteiger partial charge >= 0.3 is 0 Å². The minimum Gasteiger partial charge on any atom is -0.143 e. The lowest BCUT2D eigenvalue weighted by atomic mass is 10.00. The van der Waals surface area contributed by atoms with Gasteiger partial charge in [0.05, 0.1) is 0 Å². The molecule has 0 saturated heterocycles. The van der Waals surface area contributed by atoms with Gasteiger partial charge in [0.2, 0.25) is 0 Å². The highest BCUT2D eigenvalue weighted by Gasteiger charge is 2.08. The van der Waals surface area contributed by atoms with Gasteiger partial charge in [-0.25, -0.2) is 0 Å². The first-order valence-electron chi connectivity index (χ1n) is 6.61. The minimum atomic E-state index is 1.35. The van der Waals surface area contributed by atoms with E-state index < -0.39 is 0 Å². The van der Waals surface area contributed by atoms with Gasteiger partial charge < -0.3 is 0 Å². The lowest BCUT2D eigenvalue weighted by molar-refractivity contribution is 1.89. The summed E-state index contributed by atoms with van der Waals surface area (Å²) in [5.74, 6) is 0. The Morgan fingerprint density at radius 3 is 1.40 bits per heavy atom. The van der Waals surface area contributed by atoms with Gasteiger partial charge in [0.25, 0.3) is 0 Å². The summed E-state index contributed by atoms with van der Waals surface area (Å²) in [6.45, 7) is 0. The first-order valence-corrected chi connectivity index (χ1v) is 8.37. The van der Waals surface area contributed by atoms with Crippen molar-refractivity contribution in [2.45, 2.75) is 0 Å². The van der Waals surface area contributed by atoms with Crippen LogP contribution in [0.1, 0.15) is 0 Å². The standard InChI is InChI=1S/C18H10S2/c1-3-13-14-4-2-12-8-10-20-18(12)16(14)6-5-15(13)17-11(1)7-9-19-17/h1-10H. The zero-order chi connectivity index (χ0) is 13.1. The molecule has 0 nitrogen and oxygen atoms in total. The smallest absolute Gasteiger partial charge is 0.0421 e. The molecule has 0 aliphatic heterocycles. The number of hydrogen-bond acceptors (Lipinski definition) is 2. The number of thiophene rings is 2. The monoisotopic (exact) mass is 290 g/mol. The third-order valence-corrected chi connectivity index (χ3v) is 5.95. The van der Waals surface area contributed by atoms with E-state index in [1.165, 1.54) is 41.7 Å². The van der Waals surface area contributed by atoms with Crippen molar-refractivity contribution in [2.75, 3.05) is 0 Å². The zero-order valence-corrected chi connectivity index (χ0v) is 12.2. The van der Waals surface area contributed by atoms with Gasteiger partial charge in [-0.15, -0.1) is 22.7 Å². The molecule has 20 heavy (non-hydrogen) atoms. The molecule has 5 rings (SSSR count). The van der Waals surface area contributed by atoms with Crippen molar-refractivity contribution in [3.8, 4) is 0 Å². The van der Waals surface area contributed by atoms with Crippen molar-refractivity contribution >= 4 is 64.4 Å². The summed E-state index contributed by atoms with van der Waals surface area (Å²) in [6.07, 6.45) is 0. The zero-order valence-electron chi connectivity index (χ0n) is 10.6. The topological polar surface area (TPSA) is 0 Å². The summed E-state index contributed by atoms with van der Waals surface area (Å²) >= 11 is 3.67. The second kappa shape index (κ2) is 3.81. The predicted octanol–water partition coefficient (Wildman–Crippen LogP) is 6.42. The van der Waals surface area contributed by atoms with Gasteiger partial charge in [-0.3, -0.25) is 0 Å². The lowest BCUT2D eigenvalue weighted by Gasteiger charge is -2.06. The number of fused-ring (bicyclic) bond motifs is 7. The quantitative estimate of drug-likeness (QED) is 0.289. The van der Waals surface area contributed by atoms with Crippen molar-refractivity contribution in [1.82, 2.24) is 0 Å². The fourth-order valence-electron chi connectivity index (χ4n) is 3.08. The summed E-state index contributed by atoms with van der Waals surface area (Å²) in [6, 6.07) is 18.0. The summed E-state index contributed by atoms with van der Waals surface area (Å²) in [4.78, 5) is 0. The SMILES string of the molecule is c1cc2ccc3c4ccc5ccsc5c4ccc3c2s1. The Labute approximate surface area is 123 Å². The average molecular weight is 290 g/mol. The van der Waals surface area contributed by atoms with Gasteiger partial charge in [0, 0.05) is 20.2 Å². The predicted molar refractivity (Wildman–Crippen MR) is 92.2 cm³/mol. The Bertz CT molecular complexity index is 1010. The Morgan fingerprint density at radius 2 is 0.900 bits per heavy atom. The molecule has 0 spiro atoms. The second-order valence-electron chi connectivity index (χ2n) is 5.06. The molecule has 0 atom stereocenters. The first kappa shape index (κ1) is 10.8. The highest BCUT2D eigenvalue weighted by atomic mass is 32.1. The van der Waals surface area contributed by atoms with Gasteiger partial charge in [-0.1, -0.05) is 36.4 Å².